The first kappa shape index (κ1) is 12.2. The summed E-state index contributed by atoms with van der Waals surface area (Å²) >= 11 is 0. The maximum absolute atomic E-state index is 11.7. The third-order valence-electron chi connectivity index (χ3n) is 3.47. The first-order valence-corrected chi connectivity index (χ1v) is 6.47. The molecule has 2 aromatic rings. The van der Waals surface area contributed by atoms with E-state index in [0.717, 1.165) is 37.2 Å². The van der Waals surface area contributed by atoms with Gasteiger partial charge in [0.1, 0.15) is 11.9 Å². The molecule has 3 rings (SSSR count). The van der Waals surface area contributed by atoms with Crippen molar-refractivity contribution in [3.8, 4) is 0 Å². The van der Waals surface area contributed by atoms with Crippen molar-refractivity contribution < 1.29 is 14.3 Å². The predicted octanol–water partition coefficient (Wildman–Crippen LogP) is 2.36. The van der Waals surface area contributed by atoms with Gasteiger partial charge in [-0.15, -0.1) is 0 Å². The molecule has 1 unspecified atom stereocenters. The number of ether oxygens (including phenoxy) is 2. The van der Waals surface area contributed by atoms with Crippen molar-refractivity contribution in [2.24, 2.45) is 0 Å². The fourth-order valence-corrected chi connectivity index (χ4v) is 2.51. The Morgan fingerprint density at radius 1 is 1.53 bits per heavy atom. The highest BCUT2D eigenvalue weighted by Gasteiger charge is 2.22. The molecule has 5 heteroatoms. The first-order chi connectivity index (χ1) is 9.31. The maximum atomic E-state index is 11.7. The molecule has 1 aliphatic heterocycles. The second-order valence-corrected chi connectivity index (χ2v) is 4.64. The van der Waals surface area contributed by atoms with E-state index < -0.39 is 0 Å². The van der Waals surface area contributed by atoms with E-state index in [1.807, 2.05) is 16.7 Å². The van der Waals surface area contributed by atoms with E-state index in [0.29, 0.717) is 5.56 Å². The first-order valence-electron chi connectivity index (χ1n) is 6.47. The van der Waals surface area contributed by atoms with Crippen LogP contribution in [-0.4, -0.2) is 29.1 Å². The van der Waals surface area contributed by atoms with Crippen molar-refractivity contribution in [2.45, 2.75) is 25.4 Å². The fourth-order valence-electron chi connectivity index (χ4n) is 2.51. The standard InChI is InChI=1S/C14H16N2O3/c1-18-14(17)10-5-4-7-16-11(10)9-15-13(16)12-6-2-3-8-19-12/h4-5,7,9,12H,2-3,6,8H2,1H3. The summed E-state index contributed by atoms with van der Waals surface area (Å²) in [6.45, 7) is 0.774. The van der Waals surface area contributed by atoms with Crippen molar-refractivity contribution in [2.75, 3.05) is 13.7 Å². The molecule has 0 aliphatic carbocycles. The second-order valence-electron chi connectivity index (χ2n) is 4.64. The molecular weight excluding hydrogens is 244 g/mol. The van der Waals surface area contributed by atoms with Crippen LogP contribution in [0.15, 0.2) is 24.5 Å². The van der Waals surface area contributed by atoms with Crippen molar-refractivity contribution >= 4 is 11.5 Å². The van der Waals surface area contributed by atoms with E-state index in [4.69, 9.17) is 9.47 Å². The molecule has 0 radical (unpaired) electrons. The Morgan fingerprint density at radius 2 is 2.42 bits per heavy atom. The smallest absolute Gasteiger partial charge is 0.340 e. The van der Waals surface area contributed by atoms with E-state index in [-0.39, 0.29) is 12.1 Å². The van der Waals surface area contributed by atoms with Gasteiger partial charge in [0.05, 0.1) is 24.4 Å². The van der Waals surface area contributed by atoms with Gasteiger partial charge in [-0.05, 0) is 31.4 Å². The normalized spacial score (nSPS) is 19.5. The number of carbonyl (C=O) groups excluding carboxylic acids is 1. The topological polar surface area (TPSA) is 52.8 Å². The molecule has 0 bridgehead atoms. The number of hydrogen-bond donors (Lipinski definition) is 0. The number of nitrogens with zero attached hydrogens (tertiary/aromatic N) is 2. The van der Waals surface area contributed by atoms with E-state index in [9.17, 15) is 4.79 Å². The Morgan fingerprint density at radius 3 is 3.16 bits per heavy atom. The van der Waals surface area contributed by atoms with Crippen LogP contribution in [0, 0.1) is 0 Å². The molecule has 1 aliphatic rings. The van der Waals surface area contributed by atoms with Crippen LogP contribution in [0.25, 0.3) is 5.52 Å². The Kier molecular flexibility index (Phi) is 3.21. The summed E-state index contributed by atoms with van der Waals surface area (Å²) < 4.78 is 12.5. The summed E-state index contributed by atoms with van der Waals surface area (Å²) in [7, 11) is 1.38. The molecule has 0 aromatic carbocycles. The van der Waals surface area contributed by atoms with Crippen LogP contribution in [0.3, 0.4) is 0 Å². The van der Waals surface area contributed by atoms with Crippen molar-refractivity contribution in [3.63, 3.8) is 0 Å². The zero-order valence-electron chi connectivity index (χ0n) is 10.8. The van der Waals surface area contributed by atoms with E-state index in [1.165, 1.54) is 7.11 Å². The Hall–Kier alpha value is -1.88. The number of carbonyl (C=O) groups is 1. The lowest BCUT2D eigenvalue weighted by molar-refractivity contribution is 0.00914. The van der Waals surface area contributed by atoms with E-state index in [2.05, 4.69) is 4.98 Å². The monoisotopic (exact) mass is 260 g/mol. The highest BCUT2D eigenvalue weighted by atomic mass is 16.5. The SMILES string of the molecule is COC(=O)c1cccn2c(C3CCCCO3)ncc12. The summed E-state index contributed by atoms with van der Waals surface area (Å²) in [5, 5.41) is 0. The molecule has 0 saturated carbocycles. The summed E-state index contributed by atoms with van der Waals surface area (Å²) in [4.78, 5) is 16.1. The fraction of sp³-hybridized carbons (Fsp3) is 0.429. The Labute approximate surface area is 111 Å². The molecule has 1 saturated heterocycles. The number of imidazole rings is 1. The van der Waals surface area contributed by atoms with Gasteiger partial charge in [0.2, 0.25) is 0 Å². The minimum absolute atomic E-state index is 0.0177. The number of methoxy groups -OCH3 is 1. The van der Waals surface area contributed by atoms with Gasteiger partial charge >= 0.3 is 5.97 Å². The largest absolute Gasteiger partial charge is 0.465 e. The highest BCUT2D eigenvalue weighted by Crippen LogP contribution is 2.28. The molecular formula is C14H16N2O3. The second kappa shape index (κ2) is 5.01. The number of rotatable bonds is 2. The summed E-state index contributed by atoms with van der Waals surface area (Å²) in [6, 6.07) is 3.57. The van der Waals surface area contributed by atoms with Gasteiger partial charge in [-0.1, -0.05) is 0 Å². The van der Waals surface area contributed by atoms with Crippen molar-refractivity contribution in [3.05, 3.63) is 35.9 Å². The Balaban J connectivity index is 2.05. The van der Waals surface area contributed by atoms with Crippen LogP contribution < -0.4 is 0 Å². The summed E-state index contributed by atoms with van der Waals surface area (Å²) in [6.07, 6.45) is 6.86. The summed E-state index contributed by atoms with van der Waals surface area (Å²) in [5.41, 5.74) is 1.29. The quantitative estimate of drug-likeness (QED) is 0.778. The average Bonchev–Trinajstić information content (AvgIpc) is 2.91. The average molecular weight is 260 g/mol. The van der Waals surface area contributed by atoms with Crippen molar-refractivity contribution in [1.82, 2.24) is 9.38 Å². The summed E-state index contributed by atoms with van der Waals surface area (Å²) in [5.74, 6) is 0.516. The van der Waals surface area contributed by atoms with Gasteiger partial charge in [-0.25, -0.2) is 9.78 Å². The van der Waals surface area contributed by atoms with Crippen LogP contribution in [0.4, 0.5) is 0 Å². The van der Waals surface area contributed by atoms with Crippen LogP contribution >= 0.6 is 0 Å². The third-order valence-corrected chi connectivity index (χ3v) is 3.47. The van der Waals surface area contributed by atoms with Crippen LogP contribution in [-0.2, 0) is 9.47 Å². The van der Waals surface area contributed by atoms with Gasteiger partial charge in [0.25, 0.3) is 0 Å². The minimum atomic E-state index is -0.346. The van der Waals surface area contributed by atoms with Crippen LogP contribution in [0.2, 0.25) is 0 Å². The lowest BCUT2D eigenvalue weighted by Crippen LogP contribution is -2.14. The number of fused-ring (bicyclic) bond motifs is 1. The molecule has 0 spiro atoms. The molecule has 100 valence electrons. The van der Waals surface area contributed by atoms with Crippen molar-refractivity contribution in [1.29, 1.82) is 0 Å². The molecule has 0 amide bonds. The third kappa shape index (κ3) is 2.10. The molecule has 19 heavy (non-hydrogen) atoms. The minimum Gasteiger partial charge on any atom is -0.465 e. The molecule has 1 atom stereocenters. The lowest BCUT2D eigenvalue weighted by atomic mass is 10.1. The highest BCUT2D eigenvalue weighted by molar-refractivity contribution is 5.96. The lowest BCUT2D eigenvalue weighted by Gasteiger charge is -2.21. The predicted molar refractivity (Wildman–Crippen MR) is 69.1 cm³/mol. The number of hydrogen-bond acceptors (Lipinski definition) is 4. The maximum Gasteiger partial charge on any atom is 0.340 e. The van der Waals surface area contributed by atoms with Gasteiger partial charge in [-0.2, -0.15) is 0 Å². The van der Waals surface area contributed by atoms with Gasteiger partial charge in [-0.3, -0.25) is 0 Å². The number of esters is 1. The molecule has 3 heterocycles. The molecule has 1 fully saturated rings. The van der Waals surface area contributed by atoms with Crippen LogP contribution in [0.1, 0.15) is 41.5 Å². The van der Waals surface area contributed by atoms with Crippen LogP contribution in [0.5, 0.6) is 0 Å². The van der Waals surface area contributed by atoms with Gasteiger partial charge < -0.3 is 13.9 Å². The Bertz CT molecular complexity index is 600. The number of aromatic nitrogens is 2. The zero-order chi connectivity index (χ0) is 13.2. The molecule has 0 N–H and O–H groups in total. The number of pyridine rings is 1. The van der Waals surface area contributed by atoms with Gasteiger partial charge in [0, 0.05) is 12.8 Å². The van der Waals surface area contributed by atoms with Gasteiger partial charge in [0.15, 0.2) is 0 Å². The van der Waals surface area contributed by atoms with E-state index >= 15 is 0 Å². The van der Waals surface area contributed by atoms with E-state index in [1.54, 1.807) is 12.3 Å². The zero-order valence-corrected chi connectivity index (χ0v) is 10.8. The molecule has 5 nitrogen and oxygen atoms in total. The molecule has 2 aromatic heterocycles.